The van der Waals surface area contributed by atoms with E-state index in [0.717, 1.165) is 42.5 Å². The summed E-state index contributed by atoms with van der Waals surface area (Å²) in [4.78, 5) is 29.3. The summed E-state index contributed by atoms with van der Waals surface area (Å²) in [6, 6.07) is 11.6. The molecule has 3 aromatic rings. The van der Waals surface area contributed by atoms with Gasteiger partial charge in [-0.05, 0) is 38.8 Å². The van der Waals surface area contributed by atoms with Crippen LogP contribution in [-0.4, -0.2) is 28.0 Å². The van der Waals surface area contributed by atoms with Crippen molar-refractivity contribution in [3.63, 3.8) is 0 Å². The second-order valence-electron chi connectivity index (χ2n) is 9.55. The van der Waals surface area contributed by atoms with Crippen LogP contribution in [0.2, 0.25) is 0 Å². The Kier molecular flexibility index (Phi) is 5.31. The predicted octanol–water partition coefficient (Wildman–Crippen LogP) is 5.19. The number of aromatic nitrogens is 1. The largest absolute Gasteiger partial charge is 0.463 e. The van der Waals surface area contributed by atoms with E-state index in [2.05, 4.69) is 5.32 Å². The van der Waals surface area contributed by atoms with Crippen molar-refractivity contribution < 1.29 is 14.0 Å². The molecule has 168 valence electrons. The smallest absolute Gasteiger partial charge is 0.276 e. The number of rotatable bonds is 3. The second kappa shape index (κ2) is 8.15. The van der Waals surface area contributed by atoms with Gasteiger partial charge in [0.05, 0.1) is 18.3 Å². The fourth-order valence-corrected chi connectivity index (χ4v) is 5.25. The van der Waals surface area contributed by atoms with Crippen LogP contribution in [0.3, 0.4) is 0 Å². The Morgan fingerprint density at radius 2 is 1.75 bits per heavy atom. The van der Waals surface area contributed by atoms with Crippen LogP contribution in [0.25, 0.3) is 11.1 Å². The minimum absolute atomic E-state index is 0.0898. The van der Waals surface area contributed by atoms with Crippen molar-refractivity contribution in [1.82, 2.24) is 9.88 Å². The van der Waals surface area contributed by atoms with Crippen molar-refractivity contribution >= 4 is 28.6 Å². The number of fused-ring (bicyclic) bond motifs is 3. The fraction of sp³-hybridized carbons (Fsp3) is 0.462. The number of benzene rings is 1. The molecule has 2 aromatic heterocycles. The average Bonchev–Trinajstić information content (AvgIpc) is 3.34. The molecule has 1 aromatic carbocycles. The molecule has 1 atom stereocenters. The van der Waals surface area contributed by atoms with Crippen LogP contribution in [0.4, 0.5) is 5.69 Å². The summed E-state index contributed by atoms with van der Waals surface area (Å²) in [5.41, 5.74) is 2.87. The van der Waals surface area contributed by atoms with Crippen molar-refractivity contribution in [1.29, 1.82) is 0 Å². The molecule has 1 saturated carbocycles. The van der Waals surface area contributed by atoms with Crippen LogP contribution in [0.15, 0.2) is 47.1 Å². The Balaban J connectivity index is 1.54. The summed E-state index contributed by atoms with van der Waals surface area (Å²) in [7, 11) is 0. The highest BCUT2D eigenvalue weighted by Crippen LogP contribution is 2.36. The first kappa shape index (κ1) is 20.9. The number of hydrogen-bond acceptors (Lipinski definition) is 3. The lowest BCUT2D eigenvalue weighted by Crippen LogP contribution is -2.65. The molecular weight excluding hydrogens is 402 g/mol. The van der Waals surface area contributed by atoms with Crippen molar-refractivity contribution in [3.05, 3.63) is 53.9 Å². The van der Waals surface area contributed by atoms with Crippen LogP contribution < -0.4 is 10.2 Å². The molecule has 1 N–H and O–H groups in total. The van der Waals surface area contributed by atoms with Crippen LogP contribution in [-0.2, 0) is 11.3 Å². The lowest BCUT2D eigenvalue weighted by molar-refractivity contribution is -0.127. The molecule has 6 heteroatoms. The standard InChI is InChI=1S/C26H31N3O3/c1-18-10-12-20(13-11-18)29-24(30)22-16-23-21(14-15-32-23)28(22)17-26(29,2)25(31)27-19-8-6-4-3-5-7-9-19/h10-16,19H,3-9,17H2,1-2H3,(H,27,31)/t26-/m0/s1. The lowest BCUT2D eigenvalue weighted by Gasteiger charge is -2.44. The molecule has 32 heavy (non-hydrogen) atoms. The van der Waals surface area contributed by atoms with Gasteiger partial charge in [0.15, 0.2) is 5.58 Å². The maximum Gasteiger partial charge on any atom is 0.276 e. The topological polar surface area (TPSA) is 67.5 Å². The van der Waals surface area contributed by atoms with E-state index >= 15 is 0 Å². The number of aryl methyl sites for hydroxylation is 1. The maximum atomic E-state index is 13.8. The maximum absolute atomic E-state index is 13.8. The van der Waals surface area contributed by atoms with E-state index in [1.165, 1.54) is 19.3 Å². The zero-order valence-corrected chi connectivity index (χ0v) is 18.9. The molecule has 5 rings (SSSR count). The Bertz CT molecular complexity index is 1130. The van der Waals surface area contributed by atoms with Crippen molar-refractivity contribution in [3.8, 4) is 0 Å². The highest BCUT2D eigenvalue weighted by Gasteiger charge is 2.49. The Hall–Kier alpha value is -3.02. The number of nitrogens with zero attached hydrogens (tertiary/aromatic N) is 2. The molecule has 2 aliphatic rings. The summed E-state index contributed by atoms with van der Waals surface area (Å²) >= 11 is 0. The van der Waals surface area contributed by atoms with Crippen molar-refractivity contribution in [2.24, 2.45) is 0 Å². The number of carbonyl (C=O) groups is 2. The average molecular weight is 434 g/mol. The Morgan fingerprint density at radius 1 is 1.06 bits per heavy atom. The first-order chi connectivity index (χ1) is 15.5. The van der Waals surface area contributed by atoms with Gasteiger partial charge in [0.25, 0.3) is 5.91 Å². The summed E-state index contributed by atoms with van der Waals surface area (Å²) in [6.45, 7) is 4.28. The third-order valence-corrected chi connectivity index (χ3v) is 7.13. The number of furan rings is 1. The van der Waals surface area contributed by atoms with Crippen LogP contribution in [0, 0.1) is 6.92 Å². The number of hydrogen-bond donors (Lipinski definition) is 1. The molecule has 0 saturated heterocycles. The van der Waals surface area contributed by atoms with Gasteiger partial charge >= 0.3 is 0 Å². The molecule has 0 unspecified atom stereocenters. The van der Waals surface area contributed by atoms with Gasteiger partial charge in [-0.25, -0.2) is 0 Å². The first-order valence-corrected chi connectivity index (χ1v) is 11.8. The van der Waals surface area contributed by atoms with Gasteiger partial charge in [0.1, 0.15) is 11.2 Å². The van der Waals surface area contributed by atoms with Crippen molar-refractivity contribution in [2.45, 2.75) is 76.9 Å². The minimum atomic E-state index is -1.05. The highest BCUT2D eigenvalue weighted by atomic mass is 16.3. The van der Waals surface area contributed by atoms with Gasteiger partial charge in [-0.1, -0.05) is 49.8 Å². The molecule has 1 fully saturated rings. The predicted molar refractivity (Wildman–Crippen MR) is 125 cm³/mol. The third kappa shape index (κ3) is 3.51. The second-order valence-corrected chi connectivity index (χ2v) is 9.55. The van der Waals surface area contributed by atoms with E-state index in [1.807, 2.05) is 48.7 Å². The Morgan fingerprint density at radius 3 is 2.47 bits per heavy atom. The zero-order valence-electron chi connectivity index (χ0n) is 18.9. The van der Waals surface area contributed by atoms with E-state index in [4.69, 9.17) is 4.42 Å². The number of anilines is 1. The molecule has 6 nitrogen and oxygen atoms in total. The number of carbonyl (C=O) groups excluding carboxylic acids is 2. The Labute approximate surface area is 188 Å². The van der Waals surface area contributed by atoms with Crippen molar-refractivity contribution in [2.75, 3.05) is 4.90 Å². The fourth-order valence-electron chi connectivity index (χ4n) is 5.25. The van der Waals surface area contributed by atoms with Crippen LogP contribution >= 0.6 is 0 Å². The number of nitrogens with one attached hydrogen (secondary N) is 1. The van der Waals surface area contributed by atoms with Crippen LogP contribution in [0.5, 0.6) is 0 Å². The molecule has 0 bridgehead atoms. The summed E-state index contributed by atoms with van der Waals surface area (Å²) in [5, 5.41) is 3.32. The molecule has 0 spiro atoms. The van der Waals surface area contributed by atoms with Crippen LogP contribution in [0.1, 0.15) is 67.9 Å². The normalized spacial score (nSPS) is 22.4. The van der Waals surface area contributed by atoms with E-state index < -0.39 is 5.54 Å². The monoisotopic (exact) mass is 433 g/mol. The van der Waals surface area contributed by atoms with Gasteiger partial charge < -0.3 is 14.3 Å². The van der Waals surface area contributed by atoms with Gasteiger partial charge in [0.2, 0.25) is 5.91 Å². The van der Waals surface area contributed by atoms with E-state index in [-0.39, 0.29) is 17.9 Å². The molecule has 3 heterocycles. The SMILES string of the molecule is Cc1ccc(N2C(=O)c3cc4occc4n3C[C@@]2(C)C(=O)NC2CCCCCCC2)cc1. The van der Waals surface area contributed by atoms with E-state index in [1.54, 1.807) is 17.2 Å². The molecule has 2 amide bonds. The number of amides is 2. The zero-order chi connectivity index (χ0) is 22.3. The molecule has 0 radical (unpaired) electrons. The highest BCUT2D eigenvalue weighted by molar-refractivity contribution is 6.13. The minimum Gasteiger partial charge on any atom is -0.463 e. The molecular formula is C26H31N3O3. The van der Waals surface area contributed by atoms with E-state index in [9.17, 15) is 9.59 Å². The molecule has 1 aliphatic carbocycles. The van der Waals surface area contributed by atoms with E-state index in [0.29, 0.717) is 17.8 Å². The summed E-state index contributed by atoms with van der Waals surface area (Å²) in [6.07, 6.45) is 9.64. The van der Waals surface area contributed by atoms with Gasteiger partial charge in [-0.15, -0.1) is 0 Å². The lowest BCUT2D eigenvalue weighted by atomic mass is 9.91. The molecule has 1 aliphatic heterocycles. The van der Waals surface area contributed by atoms with Gasteiger partial charge in [0, 0.05) is 23.9 Å². The summed E-state index contributed by atoms with van der Waals surface area (Å²) in [5.74, 6) is -0.269. The quantitative estimate of drug-likeness (QED) is 0.618. The van der Waals surface area contributed by atoms with Gasteiger partial charge in [-0.3, -0.25) is 14.5 Å². The summed E-state index contributed by atoms with van der Waals surface area (Å²) < 4.78 is 7.49. The van der Waals surface area contributed by atoms with Gasteiger partial charge in [-0.2, -0.15) is 0 Å². The third-order valence-electron chi connectivity index (χ3n) is 7.13. The first-order valence-electron chi connectivity index (χ1n) is 11.8.